The first-order valence-corrected chi connectivity index (χ1v) is 10.9. The number of hydrogen-bond acceptors (Lipinski definition) is 5. The van der Waals surface area contributed by atoms with Gasteiger partial charge in [-0.25, -0.2) is 9.97 Å². The predicted molar refractivity (Wildman–Crippen MR) is 122 cm³/mol. The van der Waals surface area contributed by atoms with Crippen molar-refractivity contribution in [2.45, 2.75) is 32.8 Å². The average Bonchev–Trinajstić information content (AvgIpc) is 2.71. The molecule has 2 fully saturated rings. The summed E-state index contributed by atoms with van der Waals surface area (Å²) in [6.45, 7) is 10.7. The van der Waals surface area contributed by atoms with Crippen LogP contribution in [0.3, 0.4) is 0 Å². The van der Waals surface area contributed by atoms with Crippen molar-refractivity contribution < 1.29 is 9.47 Å². The quantitative estimate of drug-likeness (QED) is 0.592. The van der Waals surface area contributed by atoms with Crippen molar-refractivity contribution in [3.63, 3.8) is 0 Å². The van der Waals surface area contributed by atoms with E-state index in [0.29, 0.717) is 12.0 Å². The summed E-state index contributed by atoms with van der Waals surface area (Å²) in [5.41, 5.74) is 5.03. The Morgan fingerprint density at radius 2 is 1.61 bits per heavy atom. The van der Waals surface area contributed by atoms with Crippen LogP contribution in [0.15, 0.2) is 60.8 Å². The molecule has 0 bridgehead atoms. The molecule has 5 heteroatoms. The number of benzene rings is 2. The maximum absolute atomic E-state index is 6.01. The summed E-state index contributed by atoms with van der Waals surface area (Å²) in [5.74, 6) is 1.63. The number of ether oxygens (including phenoxy) is 2. The van der Waals surface area contributed by atoms with Gasteiger partial charge in [0.05, 0.1) is 24.3 Å². The first kappa shape index (κ1) is 20.0. The minimum Gasteiger partial charge on any atom is -0.487 e. The lowest BCUT2D eigenvalue weighted by Crippen LogP contribution is -2.66. The van der Waals surface area contributed by atoms with E-state index in [-0.39, 0.29) is 5.41 Å². The monoisotopic (exact) mass is 415 g/mol. The summed E-state index contributed by atoms with van der Waals surface area (Å²) in [6, 6.07) is 19.1. The molecular weight excluding hydrogens is 386 g/mol. The van der Waals surface area contributed by atoms with Gasteiger partial charge in [-0.05, 0) is 36.2 Å². The third kappa shape index (κ3) is 3.90. The number of aromatic nitrogens is 2. The lowest BCUT2D eigenvalue weighted by atomic mass is 9.78. The zero-order valence-electron chi connectivity index (χ0n) is 18.5. The van der Waals surface area contributed by atoms with Crippen LogP contribution in [0, 0.1) is 12.3 Å². The molecule has 0 aliphatic carbocycles. The molecule has 3 heterocycles. The highest BCUT2D eigenvalue weighted by Crippen LogP contribution is 2.39. The van der Waals surface area contributed by atoms with Gasteiger partial charge in [-0.15, -0.1) is 0 Å². The van der Waals surface area contributed by atoms with Gasteiger partial charge in [-0.3, -0.25) is 0 Å². The van der Waals surface area contributed by atoms with Crippen molar-refractivity contribution in [3.8, 4) is 5.75 Å². The molecule has 160 valence electrons. The molecule has 5 rings (SSSR count). The van der Waals surface area contributed by atoms with Crippen molar-refractivity contribution >= 4 is 5.95 Å². The van der Waals surface area contributed by atoms with E-state index in [2.05, 4.69) is 72.0 Å². The fraction of sp³-hybridized carbons (Fsp3) is 0.385. The number of nitrogens with zero attached hydrogens (tertiary/aromatic N) is 3. The van der Waals surface area contributed by atoms with E-state index in [1.807, 2.05) is 24.4 Å². The zero-order chi connectivity index (χ0) is 21.5. The fourth-order valence-electron chi connectivity index (χ4n) is 4.36. The molecule has 31 heavy (non-hydrogen) atoms. The SMILES string of the molecule is Cc1ccc(C(C)(C)c2ccc(OCc3ccnc(N4CC5(COC5)C4)n3)cc2)cc1. The van der Waals surface area contributed by atoms with Gasteiger partial charge in [0.25, 0.3) is 0 Å². The van der Waals surface area contributed by atoms with Crippen LogP contribution in [0.5, 0.6) is 5.75 Å². The van der Waals surface area contributed by atoms with E-state index >= 15 is 0 Å². The second-order valence-corrected chi connectivity index (χ2v) is 9.50. The lowest BCUT2D eigenvalue weighted by Gasteiger charge is -2.54. The third-order valence-electron chi connectivity index (χ3n) is 6.59. The number of anilines is 1. The van der Waals surface area contributed by atoms with Gasteiger partial charge < -0.3 is 14.4 Å². The Labute approximate surface area is 184 Å². The highest BCUT2D eigenvalue weighted by molar-refractivity contribution is 5.41. The minimum atomic E-state index is -0.0617. The minimum absolute atomic E-state index is 0.0617. The standard InChI is InChI=1S/C26H29N3O2/c1-19-4-6-20(7-5-19)25(2,3)21-8-10-23(11-9-21)31-14-22-12-13-27-24(28-22)29-15-26(16-29)17-30-18-26/h4-13H,14-18H2,1-3H3. The van der Waals surface area contributed by atoms with Crippen LogP contribution in [0.4, 0.5) is 5.95 Å². The van der Waals surface area contributed by atoms with Crippen LogP contribution in [0.25, 0.3) is 0 Å². The van der Waals surface area contributed by atoms with E-state index in [0.717, 1.165) is 43.7 Å². The molecule has 0 amide bonds. The Bertz CT molecular complexity index is 1050. The highest BCUT2D eigenvalue weighted by Gasteiger charge is 2.49. The Kier molecular flexibility index (Phi) is 4.94. The molecule has 5 nitrogen and oxygen atoms in total. The fourth-order valence-corrected chi connectivity index (χ4v) is 4.36. The van der Waals surface area contributed by atoms with Crippen molar-refractivity contribution in [1.29, 1.82) is 0 Å². The van der Waals surface area contributed by atoms with Crippen molar-refractivity contribution in [2.24, 2.45) is 5.41 Å². The Hall–Kier alpha value is -2.92. The maximum Gasteiger partial charge on any atom is 0.225 e. The van der Waals surface area contributed by atoms with Crippen molar-refractivity contribution in [1.82, 2.24) is 9.97 Å². The van der Waals surface area contributed by atoms with Gasteiger partial charge in [-0.2, -0.15) is 0 Å². The topological polar surface area (TPSA) is 47.5 Å². The van der Waals surface area contributed by atoms with Crippen LogP contribution in [0.2, 0.25) is 0 Å². The Morgan fingerprint density at radius 1 is 0.968 bits per heavy atom. The molecule has 0 atom stereocenters. The van der Waals surface area contributed by atoms with Crippen LogP contribution in [-0.4, -0.2) is 36.3 Å². The third-order valence-corrected chi connectivity index (χ3v) is 6.59. The molecule has 0 radical (unpaired) electrons. The zero-order valence-corrected chi connectivity index (χ0v) is 18.5. The summed E-state index contributed by atoms with van der Waals surface area (Å²) in [7, 11) is 0. The van der Waals surface area contributed by atoms with E-state index in [1.54, 1.807) is 0 Å². The summed E-state index contributed by atoms with van der Waals surface area (Å²) in [4.78, 5) is 11.3. The van der Waals surface area contributed by atoms with Gasteiger partial charge in [0.15, 0.2) is 0 Å². The largest absolute Gasteiger partial charge is 0.487 e. The van der Waals surface area contributed by atoms with Crippen LogP contribution < -0.4 is 9.64 Å². The van der Waals surface area contributed by atoms with E-state index in [4.69, 9.17) is 9.47 Å². The van der Waals surface area contributed by atoms with Gasteiger partial charge >= 0.3 is 0 Å². The number of rotatable bonds is 6. The molecule has 2 aliphatic heterocycles. The van der Waals surface area contributed by atoms with Crippen LogP contribution in [0.1, 0.15) is 36.2 Å². The Balaban J connectivity index is 1.21. The van der Waals surface area contributed by atoms with Crippen molar-refractivity contribution in [3.05, 3.63) is 83.2 Å². The normalized spacial score (nSPS) is 17.2. The first-order valence-electron chi connectivity index (χ1n) is 10.9. The van der Waals surface area contributed by atoms with E-state index < -0.39 is 0 Å². The van der Waals surface area contributed by atoms with Crippen LogP contribution in [-0.2, 0) is 16.8 Å². The molecule has 0 N–H and O–H groups in total. The maximum atomic E-state index is 6.01. The van der Waals surface area contributed by atoms with Crippen LogP contribution >= 0.6 is 0 Å². The lowest BCUT2D eigenvalue weighted by molar-refractivity contribution is -0.127. The molecular formula is C26H29N3O2. The Morgan fingerprint density at radius 3 is 2.23 bits per heavy atom. The molecule has 2 aliphatic rings. The number of aryl methyl sites for hydroxylation is 1. The summed E-state index contributed by atoms with van der Waals surface area (Å²) >= 11 is 0. The summed E-state index contributed by atoms with van der Waals surface area (Å²) in [6.07, 6.45) is 1.82. The van der Waals surface area contributed by atoms with E-state index in [9.17, 15) is 0 Å². The van der Waals surface area contributed by atoms with Gasteiger partial charge in [0, 0.05) is 24.7 Å². The second kappa shape index (κ2) is 7.65. The smallest absolute Gasteiger partial charge is 0.225 e. The first-order chi connectivity index (χ1) is 14.9. The molecule has 2 aromatic carbocycles. The molecule has 0 unspecified atom stereocenters. The molecule has 2 saturated heterocycles. The molecule has 0 saturated carbocycles. The van der Waals surface area contributed by atoms with Crippen molar-refractivity contribution in [2.75, 3.05) is 31.2 Å². The molecule has 3 aromatic rings. The van der Waals surface area contributed by atoms with Gasteiger partial charge in [0.2, 0.25) is 5.95 Å². The second-order valence-electron chi connectivity index (χ2n) is 9.50. The van der Waals surface area contributed by atoms with Gasteiger partial charge in [-0.1, -0.05) is 55.8 Å². The molecule has 1 spiro atoms. The van der Waals surface area contributed by atoms with E-state index in [1.165, 1.54) is 16.7 Å². The number of hydrogen-bond donors (Lipinski definition) is 0. The van der Waals surface area contributed by atoms with Gasteiger partial charge in [0.1, 0.15) is 12.4 Å². The summed E-state index contributed by atoms with van der Waals surface area (Å²) < 4.78 is 11.4. The molecule has 1 aromatic heterocycles. The predicted octanol–water partition coefficient (Wildman–Crippen LogP) is 4.53. The summed E-state index contributed by atoms with van der Waals surface area (Å²) in [5, 5.41) is 0. The highest BCUT2D eigenvalue weighted by atomic mass is 16.5. The average molecular weight is 416 g/mol.